The number of hydrogen-bond acceptors (Lipinski definition) is 2. The van der Waals surface area contributed by atoms with Crippen molar-refractivity contribution in [3.05, 3.63) is 33.5 Å². The molecule has 0 aliphatic heterocycles. The van der Waals surface area contributed by atoms with Crippen molar-refractivity contribution in [1.82, 2.24) is 0 Å². The Bertz CT molecular complexity index is 488. The number of carbonyl (C=O) groups excluding carboxylic acids is 1. The van der Waals surface area contributed by atoms with Crippen LogP contribution in [0, 0.1) is 12.7 Å². The molecule has 0 atom stereocenters. The minimum atomic E-state index is -0.694. The monoisotopic (exact) mass is 297 g/mol. The molecule has 2 nitrogen and oxygen atoms in total. The SMILES string of the molecule is Cc1cc(Br)c(F)c(C2(N=C=O)CCCC2)c1. The van der Waals surface area contributed by atoms with Crippen LogP contribution in [0.1, 0.15) is 36.8 Å². The Hall–Kier alpha value is -0.990. The standard InChI is InChI=1S/C13H13BrFNO/c1-9-6-10(12(15)11(14)7-9)13(16-8-17)4-2-3-5-13/h6-7H,2-5H2,1H3. The lowest BCUT2D eigenvalue weighted by molar-refractivity contribution is 0.429. The highest BCUT2D eigenvalue weighted by molar-refractivity contribution is 9.10. The van der Waals surface area contributed by atoms with E-state index in [0.29, 0.717) is 10.0 Å². The van der Waals surface area contributed by atoms with E-state index in [1.54, 1.807) is 18.2 Å². The van der Waals surface area contributed by atoms with Crippen LogP contribution in [-0.4, -0.2) is 6.08 Å². The molecule has 0 N–H and O–H groups in total. The number of rotatable bonds is 2. The number of aryl methyl sites for hydroxylation is 1. The summed E-state index contributed by atoms with van der Waals surface area (Å²) in [5, 5.41) is 0. The van der Waals surface area contributed by atoms with Crippen LogP contribution in [0.4, 0.5) is 4.39 Å². The first-order valence-electron chi connectivity index (χ1n) is 5.64. The molecule has 1 aliphatic carbocycles. The van der Waals surface area contributed by atoms with Crippen molar-refractivity contribution in [2.24, 2.45) is 4.99 Å². The maximum Gasteiger partial charge on any atom is 0.235 e. The number of isocyanates is 1. The van der Waals surface area contributed by atoms with E-state index in [4.69, 9.17) is 0 Å². The third kappa shape index (κ3) is 2.20. The molecule has 1 fully saturated rings. The minimum Gasteiger partial charge on any atom is -0.211 e. The highest BCUT2D eigenvalue weighted by Gasteiger charge is 2.38. The molecule has 0 radical (unpaired) electrons. The molecule has 0 unspecified atom stereocenters. The molecule has 17 heavy (non-hydrogen) atoms. The van der Waals surface area contributed by atoms with E-state index >= 15 is 0 Å². The fourth-order valence-electron chi connectivity index (χ4n) is 2.55. The van der Waals surface area contributed by atoms with Crippen LogP contribution >= 0.6 is 15.9 Å². The zero-order chi connectivity index (χ0) is 12.5. The van der Waals surface area contributed by atoms with Crippen LogP contribution < -0.4 is 0 Å². The summed E-state index contributed by atoms with van der Waals surface area (Å²) in [6.45, 7) is 1.90. The summed E-state index contributed by atoms with van der Waals surface area (Å²) in [7, 11) is 0. The van der Waals surface area contributed by atoms with Crippen molar-refractivity contribution in [1.29, 1.82) is 0 Å². The first-order chi connectivity index (χ1) is 8.09. The maximum atomic E-state index is 14.2. The topological polar surface area (TPSA) is 29.4 Å². The van der Waals surface area contributed by atoms with E-state index in [2.05, 4.69) is 20.9 Å². The Kier molecular flexibility index (Phi) is 3.45. The Morgan fingerprint density at radius 2 is 2.06 bits per heavy atom. The van der Waals surface area contributed by atoms with Gasteiger partial charge in [0.15, 0.2) is 0 Å². The lowest BCUT2D eigenvalue weighted by atomic mass is 9.87. The quantitative estimate of drug-likeness (QED) is 0.599. The third-order valence-corrected chi connectivity index (χ3v) is 3.94. The molecule has 1 saturated carbocycles. The lowest BCUT2D eigenvalue weighted by Gasteiger charge is -2.24. The molecule has 0 amide bonds. The second kappa shape index (κ2) is 4.71. The summed E-state index contributed by atoms with van der Waals surface area (Å²) in [4.78, 5) is 14.5. The summed E-state index contributed by atoms with van der Waals surface area (Å²) in [5.41, 5.74) is 0.784. The van der Waals surface area contributed by atoms with E-state index in [1.807, 2.05) is 6.92 Å². The van der Waals surface area contributed by atoms with Gasteiger partial charge in [-0.25, -0.2) is 9.18 Å². The summed E-state index contributed by atoms with van der Waals surface area (Å²) in [5.74, 6) is -0.309. The van der Waals surface area contributed by atoms with Gasteiger partial charge >= 0.3 is 0 Å². The van der Waals surface area contributed by atoms with Crippen molar-refractivity contribution in [2.75, 3.05) is 0 Å². The van der Waals surface area contributed by atoms with Crippen LogP contribution in [0.5, 0.6) is 0 Å². The normalized spacial score (nSPS) is 17.8. The fourth-order valence-corrected chi connectivity index (χ4v) is 3.13. The molecule has 0 aromatic heterocycles. The predicted molar refractivity (Wildman–Crippen MR) is 67.1 cm³/mol. The van der Waals surface area contributed by atoms with Gasteiger partial charge in [-0.05, 0) is 47.3 Å². The second-order valence-electron chi connectivity index (χ2n) is 4.55. The van der Waals surface area contributed by atoms with Gasteiger partial charge in [-0.3, -0.25) is 0 Å². The van der Waals surface area contributed by atoms with Gasteiger partial charge in [-0.2, -0.15) is 4.99 Å². The minimum absolute atomic E-state index is 0.309. The van der Waals surface area contributed by atoms with Gasteiger partial charge in [0.2, 0.25) is 6.08 Å². The van der Waals surface area contributed by atoms with E-state index in [1.165, 1.54) is 0 Å². The molecule has 0 bridgehead atoms. The first kappa shape index (κ1) is 12.5. The van der Waals surface area contributed by atoms with Gasteiger partial charge in [0.1, 0.15) is 11.4 Å². The van der Waals surface area contributed by atoms with Crippen LogP contribution in [0.3, 0.4) is 0 Å². The lowest BCUT2D eigenvalue weighted by Crippen LogP contribution is -2.21. The smallest absolute Gasteiger partial charge is 0.211 e. The summed E-state index contributed by atoms with van der Waals surface area (Å²) < 4.78 is 14.6. The molecule has 2 rings (SSSR count). The third-order valence-electron chi connectivity index (χ3n) is 3.36. The van der Waals surface area contributed by atoms with Crippen LogP contribution in [0.2, 0.25) is 0 Å². The Balaban J connectivity index is 2.61. The molecule has 1 aromatic carbocycles. The van der Waals surface area contributed by atoms with E-state index in [0.717, 1.165) is 31.2 Å². The summed E-state index contributed by atoms with van der Waals surface area (Å²) in [6.07, 6.45) is 4.98. The Morgan fingerprint density at radius 3 is 2.65 bits per heavy atom. The van der Waals surface area contributed by atoms with Crippen LogP contribution in [0.25, 0.3) is 0 Å². The van der Waals surface area contributed by atoms with E-state index in [9.17, 15) is 9.18 Å². The highest BCUT2D eigenvalue weighted by atomic mass is 79.9. The average molecular weight is 298 g/mol. The molecule has 90 valence electrons. The predicted octanol–water partition coefficient (Wildman–Crippen LogP) is 4.00. The van der Waals surface area contributed by atoms with Gasteiger partial charge in [0, 0.05) is 5.56 Å². The Labute approximate surface area is 108 Å². The van der Waals surface area contributed by atoms with Crippen LogP contribution in [0.15, 0.2) is 21.6 Å². The van der Waals surface area contributed by atoms with Crippen LogP contribution in [-0.2, 0) is 10.3 Å². The van der Waals surface area contributed by atoms with Gasteiger partial charge in [-0.1, -0.05) is 18.9 Å². The zero-order valence-corrected chi connectivity index (χ0v) is 11.2. The van der Waals surface area contributed by atoms with Gasteiger partial charge in [-0.15, -0.1) is 0 Å². The van der Waals surface area contributed by atoms with E-state index in [-0.39, 0.29) is 5.82 Å². The van der Waals surface area contributed by atoms with Crippen molar-refractivity contribution in [3.8, 4) is 0 Å². The van der Waals surface area contributed by atoms with Crippen molar-refractivity contribution in [3.63, 3.8) is 0 Å². The highest BCUT2D eigenvalue weighted by Crippen LogP contribution is 2.44. The molecular weight excluding hydrogens is 285 g/mol. The van der Waals surface area contributed by atoms with Gasteiger partial charge in [0.25, 0.3) is 0 Å². The number of nitrogens with zero attached hydrogens (tertiary/aromatic N) is 1. The number of hydrogen-bond donors (Lipinski definition) is 0. The van der Waals surface area contributed by atoms with Crippen molar-refractivity contribution >= 4 is 22.0 Å². The summed E-state index contributed by atoms with van der Waals surface area (Å²) >= 11 is 3.20. The Morgan fingerprint density at radius 1 is 1.41 bits per heavy atom. The summed E-state index contributed by atoms with van der Waals surface area (Å²) in [6, 6.07) is 3.51. The maximum absolute atomic E-state index is 14.2. The molecule has 0 saturated heterocycles. The molecule has 0 heterocycles. The fraction of sp³-hybridized carbons (Fsp3) is 0.462. The molecule has 1 aliphatic rings. The molecule has 1 aromatic rings. The number of aliphatic imine (C=N–C) groups is 1. The second-order valence-corrected chi connectivity index (χ2v) is 5.40. The van der Waals surface area contributed by atoms with Crippen molar-refractivity contribution < 1.29 is 9.18 Å². The number of halogens is 2. The van der Waals surface area contributed by atoms with E-state index < -0.39 is 5.54 Å². The largest absolute Gasteiger partial charge is 0.235 e. The molecule has 4 heteroatoms. The molecular formula is C13H13BrFNO. The number of benzene rings is 1. The van der Waals surface area contributed by atoms with Crippen molar-refractivity contribution in [2.45, 2.75) is 38.1 Å². The van der Waals surface area contributed by atoms with Gasteiger partial charge in [0.05, 0.1) is 4.47 Å². The first-order valence-corrected chi connectivity index (χ1v) is 6.43. The zero-order valence-electron chi connectivity index (χ0n) is 9.59. The molecule has 0 spiro atoms. The average Bonchev–Trinajstić information content (AvgIpc) is 2.73. The van der Waals surface area contributed by atoms with Gasteiger partial charge < -0.3 is 0 Å².